The van der Waals surface area contributed by atoms with E-state index in [-0.39, 0.29) is 0 Å². The highest BCUT2D eigenvalue weighted by Crippen LogP contribution is 2.33. The van der Waals surface area contributed by atoms with Crippen LogP contribution in [0.5, 0.6) is 0 Å². The molecule has 1 saturated heterocycles. The maximum absolute atomic E-state index is 5.16. The summed E-state index contributed by atoms with van der Waals surface area (Å²) in [5.41, 5.74) is 2.68. The average molecular weight is 250 g/mol. The number of aromatic nitrogens is 1. The number of rotatable bonds is 4. The van der Waals surface area contributed by atoms with Gasteiger partial charge in [-0.05, 0) is 50.9 Å². The van der Waals surface area contributed by atoms with Crippen LogP contribution in [0.25, 0.3) is 0 Å². The molecule has 2 heterocycles. The monoisotopic (exact) mass is 250 g/mol. The molecule has 0 radical (unpaired) electrons. The Bertz CT molecular complexity index is 424. The van der Waals surface area contributed by atoms with E-state index in [1.807, 2.05) is 6.07 Å². The first-order valence-corrected chi connectivity index (χ1v) is 7.07. The highest BCUT2D eigenvalue weighted by Gasteiger charge is 2.26. The van der Waals surface area contributed by atoms with Crippen molar-refractivity contribution >= 4 is 12.2 Å². The molecule has 0 aliphatic carbocycles. The Morgan fingerprint density at radius 1 is 1.47 bits per heavy atom. The van der Waals surface area contributed by atoms with E-state index in [1.54, 1.807) is 0 Å². The van der Waals surface area contributed by atoms with E-state index >= 15 is 0 Å². The molecule has 1 N–H and O–H groups in total. The van der Waals surface area contributed by atoms with E-state index in [4.69, 9.17) is 12.2 Å². The minimum Gasteiger partial charge on any atom is -0.350 e. The molecule has 0 bridgehead atoms. The molecule has 0 aromatic carbocycles. The van der Waals surface area contributed by atoms with E-state index in [2.05, 4.69) is 29.8 Å². The summed E-state index contributed by atoms with van der Waals surface area (Å²) in [7, 11) is 0. The zero-order valence-corrected chi connectivity index (χ0v) is 11.6. The highest BCUT2D eigenvalue weighted by atomic mass is 32.1. The third kappa shape index (κ3) is 2.96. The van der Waals surface area contributed by atoms with Crippen molar-refractivity contribution in [2.75, 3.05) is 13.1 Å². The predicted octanol–water partition coefficient (Wildman–Crippen LogP) is 3.99. The fraction of sp³-hybridized carbons (Fsp3) is 0.643. The van der Waals surface area contributed by atoms with E-state index in [9.17, 15) is 0 Å². The first kappa shape index (κ1) is 12.8. The van der Waals surface area contributed by atoms with Crippen LogP contribution < -0.4 is 0 Å². The lowest BCUT2D eigenvalue weighted by Crippen LogP contribution is -2.25. The van der Waals surface area contributed by atoms with Gasteiger partial charge in [0.05, 0.1) is 0 Å². The topological polar surface area (TPSA) is 19.0 Å². The molecule has 0 unspecified atom stereocenters. The van der Waals surface area contributed by atoms with E-state index in [0.717, 1.165) is 4.64 Å². The summed E-state index contributed by atoms with van der Waals surface area (Å²) in [5.74, 6) is 0. The normalized spacial score (nSPS) is 20.9. The van der Waals surface area contributed by atoms with Gasteiger partial charge in [-0.3, -0.25) is 4.90 Å². The van der Waals surface area contributed by atoms with Gasteiger partial charge >= 0.3 is 0 Å². The Morgan fingerprint density at radius 2 is 2.29 bits per heavy atom. The van der Waals surface area contributed by atoms with Crippen molar-refractivity contribution in [2.24, 2.45) is 0 Å². The number of aryl methyl sites for hydroxylation is 1. The van der Waals surface area contributed by atoms with Crippen molar-refractivity contribution in [1.29, 1.82) is 0 Å². The molecule has 0 saturated carbocycles. The second-order valence-corrected chi connectivity index (χ2v) is 5.39. The van der Waals surface area contributed by atoms with Crippen LogP contribution in [0.15, 0.2) is 12.1 Å². The Labute approximate surface area is 109 Å². The van der Waals surface area contributed by atoms with Gasteiger partial charge in [-0.1, -0.05) is 31.6 Å². The van der Waals surface area contributed by atoms with Crippen LogP contribution in [-0.4, -0.2) is 23.0 Å². The van der Waals surface area contributed by atoms with E-state index < -0.39 is 0 Å². The van der Waals surface area contributed by atoms with Gasteiger partial charge < -0.3 is 4.98 Å². The van der Waals surface area contributed by atoms with Crippen molar-refractivity contribution in [2.45, 2.75) is 45.6 Å². The molecule has 1 atom stereocenters. The first-order valence-electron chi connectivity index (χ1n) is 6.66. The number of nitrogens with one attached hydrogen (secondary N) is 1. The van der Waals surface area contributed by atoms with Crippen LogP contribution in [0.2, 0.25) is 0 Å². The van der Waals surface area contributed by atoms with Gasteiger partial charge in [0.1, 0.15) is 4.64 Å². The summed E-state index contributed by atoms with van der Waals surface area (Å²) in [6, 6.07) is 4.84. The zero-order chi connectivity index (χ0) is 12.3. The fourth-order valence-electron chi connectivity index (χ4n) is 2.76. The smallest absolute Gasteiger partial charge is 0.103 e. The quantitative estimate of drug-likeness (QED) is 0.815. The molecule has 2 rings (SSSR count). The van der Waals surface area contributed by atoms with Crippen LogP contribution in [0.1, 0.15) is 49.9 Å². The molecule has 1 aliphatic heterocycles. The van der Waals surface area contributed by atoms with Gasteiger partial charge in [0.25, 0.3) is 0 Å². The number of pyridine rings is 1. The zero-order valence-electron chi connectivity index (χ0n) is 10.8. The second kappa shape index (κ2) is 5.78. The second-order valence-electron chi connectivity index (χ2n) is 4.95. The minimum absolute atomic E-state index is 0.605. The number of hydrogen-bond acceptors (Lipinski definition) is 2. The van der Waals surface area contributed by atoms with Crippen molar-refractivity contribution in [1.82, 2.24) is 9.88 Å². The van der Waals surface area contributed by atoms with Gasteiger partial charge in [-0.25, -0.2) is 0 Å². The minimum atomic E-state index is 0.605. The molecule has 94 valence electrons. The summed E-state index contributed by atoms with van der Waals surface area (Å²) in [4.78, 5) is 5.91. The fourth-order valence-corrected chi connectivity index (χ4v) is 2.98. The molecule has 3 heteroatoms. The van der Waals surface area contributed by atoms with Crippen LogP contribution >= 0.6 is 12.2 Å². The maximum Gasteiger partial charge on any atom is 0.103 e. The summed E-state index contributed by atoms with van der Waals surface area (Å²) in [6.45, 7) is 6.88. The number of nitrogens with zero attached hydrogens (tertiary/aromatic N) is 1. The molecule has 17 heavy (non-hydrogen) atoms. The summed E-state index contributed by atoms with van der Waals surface area (Å²) >= 11 is 5.16. The van der Waals surface area contributed by atoms with E-state index in [0.29, 0.717) is 6.04 Å². The Hall–Kier alpha value is -0.670. The highest BCUT2D eigenvalue weighted by molar-refractivity contribution is 7.71. The standard InChI is InChI=1S/C14H22N2S/c1-3-4-9-16-10-5-6-13(16)12-7-8-14(17)15-11(12)2/h7-8,13H,3-6,9-10H2,1-2H3,(H,15,17)/t13-/m0/s1. The van der Waals surface area contributed by atoms with Gasteiger partial charge in [0.2, 0.25) is 0 Å². The number of H-pyrrole nitrogens is 1. The molecule has 1 aliphatic rings. The van der Waals surface area contributed by atoms with Gasteiger partial charge in [-0.2, -0.15) is 0 Å². The summed E-state index contributed by atoms with van der Waals surface area (Å²) in [5, 5.41) is 0. The van der Waals surface area contributed by atoms with Crippen molar-refractivity contribution in [3.63, 3.8) is 0 Å². The lowest BCUT2D eigenvalue weighted by atomic mass is 10.0. The molecule has 0 spiro atoms. The molecule has 1 aromatic rings. The predicted molar refractivity (Wildman–Crippen MR) is 74.8 cm³/mol. The molecule has 0 amide bonds. The summed E-state index contributed by atoms with van der Waals surface area (Å²) in [6.07, 6.45) is 5.19. The first-order chi connectivity index (χ1) is 8.22. The summed E-state index contributed by atoms with van der Waals surface area (Å²) < 4.78 is 0.837. The van der Waals surface area contributed by atoms with Gasteiger partial charge in [-0.15, -0.1) is 0 Å². The van der Waals surface area contributed by atoms with Crippen LogP contribution in [0.4, 0.5) is 0 Å². The van der Waals surface area contributed by atoms with Crippen molar-refractivity contribution < 1.29 is 0 Å². The lowest BCUT2D eigenvalue weighted by Gasteiger charge is -2.25. The SMILES string of the molecule is CCCCN1CCC[C@H]1c1ccc(=S)[nH]c1C. The molecule has 1 fully saturated rings. The lowest BCUT2D eigenvalue weighted by molar-refractivity contribution is 0.252. The third-order valence-corrected chi connectivity index (χ3v) is 3.92. The molecule has 2 nitrogen and oxygen atoms in total. The number of likely N-dealkylation sites (tertiary alicyclic amines) is 1. The Balaban J connectivity index is 2.17. The van der Waals surface area contributed by atoms with Gasteiger partial charge in [0, 0.05) is 11.7 Å². The van der Waals surface area contributed by atoms with Crippen molar-refractivity contribution in [3.8, 4) is 0 Å². The Kier molecular flexibility index (Phi) is 4.35. The average Bonchev–Trinajstić information content (AvgIpc) is 2.74. The molecular formula is C14H22N2S. The van der Waals surface area contributed by atoms with Crippen molar-refractivity contribution in [3.05, 3.63) is 28.0 Å². The number of unbranched alkanes of at least 4 members (excludes halogenated alkanes) is 1. The van der Waals surface area contributed by atoms with Gasteiger partial charge in [0.15, 0.2) is 0 Å². The number of aromatic amines is 1. The number of hydrogen-bond donors (Lipinski definition) is 1. The molecular weight excluding hydrogens is 228 g/mol. The Morgan fingerprint density at radius 3 is 3.00 bits per heavy atom. The maximum atomic E-state index is 5.16. The van der Waals surface area contributed by atoms with Crippen LogP contribution in [0, 0.1) is 11.6 Å². The van der Waals surface area contributed by atoms with E-state index in [1.165, 1.54) is 50.0 Å². The third-order valence-electron chi connectivity index (χ3n) is 3.68. The molecule has 1 aromatic heterocycles. The van der Waals surface area contributed by atoms with Crippen LogP contribution in [-0.2, 0) is 0 Å². The largest absolute Gasteiger partial charge is 0.350 e. The van der Waals surface area contributed by atoms with Crippen LogP contribution in [0.3, 0.4) is 0 Å².